The van der Waals surface area contributed by atoms with E-state index in [2.05, 4.69) is 17.9 Å². The maximum absolute atomic E-state index is 5.27. The van der Waals surface area contributed by atoms with Gasteiger partial charge in [0.1, 0.15) is 0 Å². The standard InChI is InChI=1S/C10H10N2/c1-3-8-5-6-10(12-11)9(4-2)7-8/h1,4-7,12H,2,11H2. The molecule has 0 unspecified atom stereocenters. The fraction of sp³-hybridized carbons (Fsp3) is 0. The minimum atomic E-state index is 0.823. The first-order chi connectivity index (χ1) is 5.81. The predicted molar refractivity (Wildman–Crippen MR) is 52.3 cm³/mol. The van der Waals surface area contributed by atoms with E-state index in [1.807, 2.05) is 18.2 Å². The Hall–Kier alpha value is -1.72. The highest BCUT2D eigenvalue weighted by molar-refractivity contribution is 5.67. The van der Waals surface area contributed by atoms with E-state index in [0.29, 0.717) is 0 Å². The van der Waals surface area contributed by atoms with Crippen LogP contribution in [0.25, 0.3) is 6.08 Å². The number of nitrogens with one attached hydrogen (secondary N) is 1. The van der Waals surface area contributed by atoms with E-state index in [1.165, 1.54) is 0 Å². The van der Waals surface area contributed by atoms with Crippen LogP contribution in [-0.2, 0) is 0 Å². The Morgan fingerprint density at radius 2 is 2.33 bits per heavy atom. The normalized spacial score (nSPS) is 8.67. The van der Waals surface area contributed by atoms with Crippen molar-refractivity contribution in [1.29, 1.82) is 0 Å². The van der Waals surface area contributed by atoms with Crippen LogP contribution in [0.1, 0.15) is 11.1 Å². The summed E-state index contributed by atoms with van der Waals surface area (Å²) in [6.07, 6.45) is 6.93. The largest absolute Gasteiger partial charge is 0.324 e. The third-order valence-corrected chi connectivity index (χ3v) is 1.59. The van der Waals surface area contributed by atoms with Crippen molar-refractivity contribution in [3.8, 4) is 12.3 Å². The molecule has 0 aliphatic rings. The van der Waals surface area contributed by atoms with Crippen LogP contribution < -0.4 is 11.3 Å². The van der Waals surface area contributed by atoms with Crippen LogP contribution >= 0.6 is 0 Å². The molecule has 2 heteroatoms. The molecular weight excluding hydrogens is 148 g/mol. The number of benzene rings is 1. The summed E-state index contributed by atoms with van der Waals surface area (Å²) in [6.45, 7) is 3.65. The van der Waals surface area contributed by atoms with Crippen molar-refractivity contribution >= 4 is 11.8 Å². The van der Waals surface area contributed by atoms with Crippen LogP contribution in [0.4, 0.5) is 5.69 Å². The molecule has 0 aromatic heterocycles. The van der Waals surface area contributed by atoms with Crippen molar-refractivity contribution in [2.45, 2.75) is 0 Å². The first-order valence-electron chi connectivity index (χ1n) is 3.51. The molecule has 1 aromatic carbocycles. The van der Waals surface area contributed by atoms with Crippen molar-refractivity contribution < 1.29 is 0 Å². The SMILES string of the molecule is C#Cc1ccc(NN)c(C=C)c1. The molecule has 60 valence electrons. The Balaban J connectivity index is 3.21. The van der Waals surface area contributed by atoms with Crippen molar-refractivity contribution in [3.05, 3.63) is 35.9 Å². The van der Waals surface area contributed by atoms with Gasteiger partial charge in [0.25, 0.3) is 0 Å². The van der Waals surface area contributed by atoms with Gasteiger partial charge in [0, 0.05) is 5.56 Å². The van der Waals surface area contributed by atoms with Gasteiger partial charge in [0.2, 0.25) is 0 Å². The fourth-order valence-corrected chi connectivity index (χ4v) is 0.953. The minimum Gasteiger partial charge on any atom is -0.324 e. The molecule has 0 heterocycles. The Morgan fingerprint density at radius 3 is 2.83 bits per heavy atom. The van der Waals surface area contributed by atoms with Crippen LogP contribution in [0.5, 0.6) is 0 Å². The summed E-state index contributed by atoms with van der Waals surface area (Å²) >= 11 is 0. The molecule has 12 heavy (non-hydrogen) atoms. The maximum Gasteiger partial charge on any atom is 0.0558 e. The lowest BCUT2D eigenvalue weighted by Gasteiger charge is -2.04. The first-order valence-corrected chi connectivity index (χ1v) is 3.51. The molecule has 0 bridgehead atoms. The topological polar surface area (TPSA) is 38.0 Å². The summed E-state index contributed by atoms with van der Waals surface area (Å²) < 4.78 is 0. The first kappa shape index (κ1) is 8.38. The van der Waals surface area contributed by atoms with E-state index >= 15 is 0 Å². The zero-order chi connectivity index (χ0) is 8.97. The number of hydrogen-bond donors (Lipinski definition) is 2. The Bertz CT molecular complexity index is 334. The fourth-order valence-electron chi connectivity index (χ4n) is 0.953. The maximum atomic E-state index is 5.27. The average molecular weight is 158 g/mol. The van der Waals surface area contributed by atoms with Gasteiger partial charge in [-0.1, -0.05) is 18.6 Å². The van der Waals surface area contributed by atoms with Gasteiger partial charge in [0.05, 0.1) is 5.69 Å². The predicted octanol–water partition coefficient (Wildman–Crippen LogP) is 1.60. The lowest BCUT2D eigenvalue weighted by Crippen LogP contribution is -2.07. The highest BCUT2D eigenvalue weighted by Crippen LogP contribution is 2.16. The highest BCUT2D eigenvalue weighted by Gasteiger charge is 1.96. The zero-order valence-electron chi connectivity index (χ0n) is 6.67. The van der Waals surface area contributed by atoms with Crippen LogP contribution in [0.2, 0.25) is 0 Å². The number of terminal acetylenes is 1. The number of nitrogen functional groups attached to an aromatic ring is 1. The van der Waals surface area contributed by atoms with Crippen LogP contribution in [0, 0.1) is 12.3 Å². The molecule has 0 atom stereocenters. The second-order valence-corrected chi connectivity index (χ2v) is 2.29. The van der Waals surface area contributed by atoms with E-state index in [-0.39, 0.29) is 0 Å². The van der Waals surface area contributed by atoms with Gasteiger partial charge in [-0.2, -0.15) is 0 Å². The highest BCUT2D eigenvalue weighted by atomic mass is 15.2. The number of hydrogen-bond acceptors (Lipinski definition) is 2. The molecule has 1 aromatic rings. The van der Waals surface area contributed by atoms with Gasteiger partial charge in [-0.3, -0.25) is 5.84 Å². The van der Waals surface area contributed by atoms with Crippen molar-refractivity contribution in [1.82, 2.24) is 0 Å². The zero-order valence-corrected chi connectivity index (χ0v) is 6.67. The number of anilines is 1. The molecule has 1 rings (SSSR count). The van der Waals surface area contributed by atoms with Gasteiger partial charge in [-0.05, 0) is 23.8 Å². The summed E-state index contributed by atoms with van der Waals surface area (Å²) in [7, 11) is 0. The third kappa shape index (κ3) is 1.47. The number of rotatable bonds is 2. The van der Waals surface area contributed by atoms with E-state index in [9.17, 15) is 0 Å². The van der Waals surface area contributed by atoms with Gasteiger partial charge in [-0.25, -0.2) is 0 Å². The Kier molecular flexibility index (Phi) is 2.52. The average Bonchev–Trinajstić information content (AvgIpc) is 2.16. The van der Waals surface area contributed by atoms with Crippen molar-refractivity contribution in [3.63, 3.8) is 0 Å². The second-order valence-electron chi connectivity index (χ2n) is 2.29. The molecule has 0 saturated carbocycles. The summed E-state index contributed by atoms with van der Waals surface area (Å²) in [5.74, 6) is 7.80. The van der Waals surface area contributed by atoms with Crippen LogP contribution in [-0.4, -0.2) is 0 Å². The molecule has 0 saturated heterocycles. The van der Waals surface area contributed by atoms with E-state index in [0.717, 1.165) is 16.8 Å². The van der Waals surface area contributed by atoms with Crippen LogP contribution in [0.3, 0.4) is 0 Å². The van der Waals surface area contributed by atoms with Gasteiger partial charge >= 0.3 is 0 Å². The monoisotopic (exact) mass is 158 g/mol. The molecule has 0 amide bonds. The Morgan fingerprint density at radius 1 is 1.58 bits per heavy atom. The van der Waals surface area contributed by atoms with Crippen molar-refractivity contribution in [2.24, 2.45) is 5.84 Å². The smallest absolute Gasteiger partial charge is 0.0558 e. The molecule has 0 aliphatic carbocycles. The van der Waals surface area contributed by atoms with E-state index in [1.54, 1.807) is 6.08 Å². The summed E-state index contributed by atoms with van der Waals surface area (Å²) in [4.78, 5) is 0. The quantitative estimate of drug-likeness (QED) is 0.390. The molecule has 0 fully saturated rings. The molecule has 0 spiro atoms. The minimum absolute atomic E-state index is 0.823. The second kappa shape index (κ2) is 3.61. The molecule has 0 aliphatic heterocycles. The molecule has 3 N–H and O–H groups in total. The molecule has 0 radical (unpaired) electrons. The summed E-state index contributed by atoms with van der Waals surface area (Å²) in [6, 6.07) is 5.50. The van der Waals surface area contributed by atoms with E-state index < -0.39 is 0 Å². The van der Waals surface area contributed by atoms with Gasteiger partial charge in [-0.15, -0.1) is 6.42 Å². The lowest BCUT2D eigenvalue weighted by atomic mass is 10.1. The molecule has 2 nitrogen and oxygen atoms in total. The summed E-state index contributed by atoms with van der Waals surface area (Å²) in [5.41, 5.74) is 5.11. The Labute approximate surface area is 72.1 Å². The van der Waals surface area contributed by atoms with Crippen molar-refractivity contribution in [2.75, 3.05) is 5.43 Å². The molecular formula is C10H10N2. The van der Waals surface area contributed by atoms with Gasteiger partial charge in [0.15, 0.2) is 0 Å². The number of hydrazine groups is 1. The van der Waals surface area contributed by atoms with Crippen LogP contribution in [0.15, 0.2) is 24.8 Å². The summed E-state index contributed by atoms with van der Waals surface area (Å²) in [5, 5.41) is 0. The lowest BCUT2D eigenvalue weighted by molar-refractivity contribution is 1.34. The van der Waals surface area contributed by atoms with E-state index in [4.69, 9.17) is 12.3 Å². The van der Waals surface area contributed by atoms with Gasteiger partial charge < -0.3 is 5.43 Å². The number of nitrogens with two attached hydrogens (primary N) is 1. The third-order valence-electron chi connectivity index (χ3n) is 1.59.